The maximum Gasteiger partial charge on any atom is 0.228 e. The minimum Gasteiger partial charge on any atom is -0.481 e. The van der Waals surface area contributed by atoms with E-state index in [4.69, 9.17) is 4.74 Å². The predicted molar refractivity (Wildman–Crippen MR) is 92.0 cm³/mol. The molecule has 1 aliphatic rings. The van der Waals surface area contributed by atoms with Gasteiger partial charge in [-0.15, -0.1) is 0 Å². The molecule has 0 spiro atoms. The van der Waals surface area contributed by atoms with Gasteiger partial charge in [0.05, 0.1) is 7.11 Å². The summed E-state index contributed by atoms with van der Waals surface area (Å²) in [6, 6.07) is 12.5. The van der Waals surface area contributed by atoms with Gasteiger partial charge in [0.2, 0.25) is 11.8 Å². The summed E-state index contributed by atoms with van der Waals surface area (Å²) in [7, 11) is 1.64. The first-order chi connectivity index (χ1) is 11.3. The van der Waals surface area contributed by atoms with E-state index in [1.165, 1.54) is 12.0 Å². The van der Waals surface area contributed by atoms with Crippen LogP contribution in [0.2, 0.25) is 0 Å². The number of methoxy groups -OCH3 is 1. The number of rotatable bonds is 6. The Kier molecular flexibility index (Phi) is 5.42. The van der Waals surface area contributed by atoms with Crippen LogP contribution in [0.4, 0.5) is 5.95 Å². The van der Waals surface area contributed by atoms with Crippen molar-refractivity contribution in [1.82, 2.24) is 14.9 Å². The zero-order valence-electron chi connectivity index (χ0n) is 13.7. The van der Waals surface area contributed by atoms with Gasteiger partial charge in [-0.25, -0.2) is 4.98 Å². The van der Waals surface area contributed by atoms with Crippen LogP contribution < -0.4 is 9.64 Å². The molecular weight excluding hydrogens is 288 g/mol. The highest BCUT2D eigenvalue weighted by Crippen LogP contribution is 2.14. The summed E-state index contributed by atoms with van der Waals surface area (Å²) < 4.78 is 5.17. The van der Waals surface area contributed by atoms with E-state index in [9.17, 15) is 0 Å². The van der Waals surface area contributed by atoms with Gasteiger partial charge in [-0.2, -0.15) is 4.98 Å². The molecule has 5 nitrogen and oxygen atoms in total. The number of benzene rings is 1. The topological polar surface area (TPSA) is 41.5 Å². The fourth-order valence-electron chi connectivity index (χ4n) is 2.92. The van der Waals surface area contributed by atoms with Gasteiger partial charge in [-0.05, 0) is 24.9 Å². The van der Waals surface area contributed by atoms with Crippen molar-refractivity contribution in [3.63, 3.8) is 0 Å². The summed E-state index contributed by atoms with van der Waals surface area (Å²) in [4.78, 5) is 13.5. The minimum absolute atomic E-state index is 0.625. The van der Waals surface area contributed by atoms with Crippen molar-refractivity contribution in [3.05, 3.63) is 48.2 Å². The lowest BCUT2D eigenvalue weighted by Gasteiger charge is -2.34. The van der Waals surface area contributed by atoms with Crippen LogP contribution in [0.3, 0.4) is 0 Å². The zero-order chi connectivity index (χ0) is 15.9. The van der Waals surface area contributed by atoms with Gasteiger partial charge < -0.3 is 9.64 Å². The second kappa shape index (κ2) is 7.92. The second-order valence-corrected chi connectivity index (χ2v) is 5.82. The average Bonchev–Trinajstić information content (AvgIpc) is 2.63. The molecule has 1 aromatic heterocycles. The van der Waals surface area contributed by atoms with Crippen LogP contribution in [-0.4, -0.2) is 54.7 Å². The molecule has 0 radical (unpaired) electrons. The maximum atomic E-state index is 5.17. The minimum atomic E-state index is 0.625. The third-order valence-corrected chi connectivity index (χ3v) is 4.26. The second-order valence-electron chi connectivity index (χ2n) is 5.82. The molecule has 1 aromatic carbocycles. The van der Waals surface area contributed by atoms with Gasteiger partial charge in [-0.3, -0.25) is 4.90 Å². The number of piperazine rings is 1. The summed E-state index contributed by atoms with van der Waals surface area (Å²) in [5.74, 6) is 1.40. The van der Waals surface area contributed by atoms with Crippen LogP contribution in [0.5, 0.6) is 5.88 Å². The van der Waals surface area contributed by atoms with Crippen molar-refractivity contribution < 1.29 is 4.74 Å². The third kappa shape index (κ3) is 4.42. The van der Waals surface area contributed by atoms with Crippen molar-refractivity contribution >= 4 is 5.95 Å². The SMILES string of the molecule is COc1ccnc(N2CCN(CCCc3ccccc3)CC2)n1. The molecule has 3 rings (SSSR count). The number of hydrogen-bond donors (Lipinski definition) is 0. The molecule has 122 valence electrons. The average molecular weight is 312 g/mol. The maximum absolute atomic E-state index is 5.17. The highest BCUT2D eigenvalue weighted by Gasteiger charge is 2.18. The largest absolute Gasteiger partial charge is 0.481 e. The molecule has 0 atom stereocenters. The molecule has 0 amide bonds. The van der Waals surface area contributed by atoms with Gasteiger partial charge in [0.25, 0.3) is 0 Å². The monoisotopic (exact) mass is 312 g/mol. The molecule has 23 heavy (non-hydrogen) atoms. The van der Waals surface area contributed by atoms with E-state index in [0.717, 1.165) is 45.1 Å². The third-order valence-electron chi connectivity index (χ3n) is 4.26. The van der Waals surface area contributed by atoms with E-state index in [-0.39, 0.29) is 0 Å². The Labute approximate surface area is 137 Å². The molecule has 0 saturated carbocycles. The molecule has 0 bridgehead atoms. The molecule has 1 aliphatic heterocycles. The summed E-state index contributed by atoms with van der Waals surface area (Å²) >= 11 is 0. The quantitative estimate of drug-likeness (QED) is 0.818. The van der Waals surface area contributed by atoms with Crippen molar-refractivity contribution in [2.45, 2.75) is 12.8 Å². The van der Waals surface area contributed by atoms with E-state index in [2.05, 4.69) is 50.1 Å². The summed E-state index contributed by atoms with van der Waals surface area (Å²) in [5.41, 5.74) is 1.43. The molecule has 5 heteroatoms. The summed E-state index contributed by atoms with van der Waals surface area (Å²) in [6.45, 7) is 5.23. The Morgan fingerprint density at radius 1 is 1.04 bits per heavy atom. The van der Waals surface area contributed by atoms with Crippen LogP contribution >= 0.6 is 0 Å². The summed E-state index contributed by atoms with van der Waals surface area (Å²) in [6.07, 6.45) is 4.12. The van der Waals surface area contributed by atoms with E-state index < -0.39 is 0 Å². The van der Waals surface area contributed by atoms with E-state index >= 15 is 0 Å². The highest BCUT2D eigenvalue weighted by molar-refractivity contribution is 5.32. The Bertz CT molecular complexity index is 597. The number of nitrogens with zero attached hydrogens (tertiary/aromatic N) is 4. The van der Waals surface area contributed by atoms with Crippen LogP contribution in [-0.2, 0) is 6.42 Å². The van der Waals surface area contributed by atoms with E-state index in [1.807, 2.05) is 0 Å². The summed E-state index contributed by atoms with van der Waals surface area (Å²) in [5, 5.41) is 0. The van der Waals surface area contributed by atoms with Gasteiger partial charge in [0.15, 0.2) is 0 Å². The lowest BCUT2D eigenvalue weighted by atomic mass is 10.1. The van der Waals surface area contributed by atoms with Crippen LogP contribution in [0.1, 0.15) is 12.0 Å². The van der Waals surface area contributed by atoms with Crippen molar-refractivity contribution in [2.24, 2.45) is 0 Å². The lowest BCUT2D eigenvalue weighted by molar-refractivity contribution is 0.253. The van der Waals surface area contributed by atoms with Crippen molar-refractivity contribution in [2.75, 3.05) is 44.7 Å². The fourth-order valence-corrected chi connectivity index (χ4v) is 2.92. The molecule has 0 unspecified atom stereocenters. The number of hydrogen-bond acceptors (Lipinski definition) is 5. The molecule has 1 saturated heterocycles. The number of ether oxygens (including phenoxy) is 1. The smallest absolute Gasteiger partial charge is 0.228 e. The van der Waals surface area contributed by atoms with Gasteiger partial charge in [-0.1, -0.05) is 30.3 Å². The molecule has 2 heterocycles. The molecule has 0 aliphatic carbocycles. The first kappa shape index (κ1) is 15.7. The zero-order valence-corrected chi connectivity index (χ0v) is 13.7. The van der Waals surface area contributed by atoms with Crippen LogP contribution in [0, 0.1) is 0 Å². The number of anilines is 1. The normalized spacial score (nSPS) is 15.6. The number of aromatic nitrogens is 2. The van der Waals surface area contributed by atoms with Gasteiger partial charge in [0.1, 0.15) is 0 Å². The molecular formula is C18H24N4O. The highest BCUT2D eigenvalue weighted by atomic mass is 16.5. The lowest BCUT2D eigenvalue weighted by Crippen LogP contribution is -2.47. The molecule has 0 N–H and O–H groups in total. The fraction of sp³-hybridized carbons (Fsp3) is 0.444. The standard InChI is InChI=1S/C18H24N4O/c1-23-17-9-10-19-18(20-17)22-14-12-21(13-15-22)11-5-8-16-6-3-2-4-7-16/h2-4,6-7,9-10H,5,8,11-15H2,1H3. The van der Waals surface area contributed by atoms with Gasteiger partial charge >= 0.3 is 0 Å². The van der Waals surface area contributed by atoms with E-state index in [0.29, 0.717) is 5.88 Å². The Hall–Kier alpha value is -2.14. The Balaban J connectivity index is 1.43. The van der Waals surface area contributed by atoms with Crippen LogP contribution in [0.15, 0.2) is 42.6 Å². The first-order valence-electron chi connectivity index (χ1n) is 8.23. The Morgan fingerprint density at radius 3 is 2.57 bits per heavy atom. The Morgan fingerprint density at radius 2 is 1.83 bits per heavy atom. The van der Waals surface area contributed by atoms with E-state index in [1.54, 1.807) is 19.4 Å². The van der Waals surface area contributed by atoms with Crippen LogP contribution in [0.25, 0.3) is 0 Å². The number of aryl methyl sites for hydroxylation is 1. The van der Waals surface area contributed by atoms with Gasteiger partial charge in [0, 0.05) is 38.4 Å². The van der Waals surface area contributed by atoms with Crippen molar-refractivity contribution in [3.8, 4) is 5.88 Å². The predicted octanol–water partition coefficient (Wildman–Crippen LogP) is 2.24. The molecule has 1 fully saturated rings. The first-order valence-corrected chi connectivity index (χ1v) is 8.23. The van der Waals surface area contributed by atoms with Crippen molar-refractivity contribution in [1.29, 1.82) is 0 Å². The molecule has 2 aromatic rings.